The standard InChI is InChI=1S/C23H24N4O/c24-17-19-3-7-21(8-4-19)27-14-12-26(13-15-27)11-1-2-18-5-9-22-20(16-18)6-10-23(28)25-22/h1-5,7-9,16H,6,10-15H2,(H,25,28). The zero-order valence-electron chi connectivity index (χ0n) is 15.9. The van der Waals surface area contributed by atoms with Crippen LogP contribution >= 0.6 is 0 Å². The summed E-state index contributed by atoms with van der Waals surface area (Å²) in [6, 6.07) is 16.2. The molecule has 0 unspecified atom stereocenters. The summed E-state index contributed by atoms with van der Waals surface area (Å²) >= 11 is 0. The lowest BCUT2D eigenvalue weighted by Gasteiger charge is -2.35. The van der Waals surface area contributed by atoms with Crippen molar-refractivity contribution in [2.75, 3.05) is 42.9 Å². The molecule has 1 N–H and O–H groups in total. The molecule has 2 aromatic rings. The average molecular weight is 372 g/mol. The van der Waals surface area contributed by atoms with Crippen LogP contribution in [0.2, 0.25) is 0 Å². The fourth-order valence-corrected chi connectivity index (χ4v) is 3.78. The second-order valence-electron chi connectivity index (χ2n) is 7.31. The lowest BCUT2D eigenvalue weighted by molar-refractivity contribution is -0.116. The normalized spacial score (nSPS) is 17.2. The molecular weight excluding hydrogens is 348 g/mol. The Hall–Kier alpha value is -3.10. The van der Waals surface area contributed by atoms with Crippen LogP contribution in [0, 0.1) is 11.3 Å². The van der Waals surface area contributed by atoms with Gasteiger partial charge in [0, 0.05) is 50.5 Å². The van der Waals surface area contributed by atoms with Crippen molar-refractivity contribution in [2.45, 2.75) is 12.8 Å². The van der Waals surface area contributed by atoms with Crippen LogP contribution in [0.3, 0.4) is 0 Å². The molecule has 0 aromatic heterocycles. The third-order valence-electron chi connectivity index (χ3n) is 5.43. The molecule has 2 aromatic carbocycles. The molecule has 0 spiro atoms. The smallest absolute Gasteiger partial charge is 0.224 e. The van der Waals surface area contributed by atoms with Gasteiger partial charge in [-0.3, -0.25) is 9.69 Å². The van der Waals surface area contributed by atoms with Gasteiger partial charge in [-0.05, 0) is 53.9 Å². The van der Waals surface area contributed by atoms with E-state index in [1.807, 2.05) is 30.3 Å². The number of aryl methyl sites for hydroxylation is 1. The highest BCUT2D eigenvalue weighted by molar-refractivity contribution is 5.94. The molecular formula is C23H24N4O. The molecule has 2 aliphatic heterocycles. The summed E-state index contributed by atoms with van der Waals surface area (Å²) in [6.07, 6.45) is 5.79. The molecule has 0 aliphatic carbocycles. The van der Waals surface area contributed by atoms with E-state index >= 15 is 0 Å². The molecule has 0 bridgehead atoms. The van der Waals surface area contributed by atoms with E-state index in [2.05, 4.69) is 45.5 Å². The lowest BCUT2D eigenvalue weighted by atomic mass is 10.0. The van der Waals surface area contributed by atoms with Crippen molar-refractivity contribution in [2.24, 2.45) is 0 Å². The number of rotatable bonds is 4. The predicted molar refractivity (Wildman–Crippen MR) is 112 cm³/mol. The maximum atomic E-state index is 11.5. The second-order valence-corrected chi connectivity index (χ2v) is 7.31. The van der Waals surface area contributed by atoms with E-state index in [4.69, 9.17) is 5.26 Å². The number of benzene rings is 2. The second kappa shape index (κ2) is 8.28. The molecule has 0 radical (unpaired) electrons. The lowest BCUT2D eigenvalue weighted by Crippen LogP contribution is -2.46. The van der Waals surface area contributed by atoms with Gasteiger partial charge in [0.25, 0.3) is 0 Å². The highest BCUT2D eigenvalue weighted by Crippen LogP contribution is 2.24. The number of nitriles is 1. The molecule has 1 amide bonds. The van der Waals surface area contributed by atoms with Crippen LogP contribution in [0.1, 0.15) is 23.1 Å². The maximum absolute atomic E-state index is 11.5. The minimum Gasteiger partial charge on any atom is -0.369 e. The largest absolute Gasteiger partial charge is 0.369 e. The Kier molecular flexibility index (Phi) is 5.41. The Morgan fingerprint density at radius 3 is 2.57 bits per heavy atom. The summed E-state index contributed by atoms with van der Waals surface area (Å²) in [6.45, 7) is 4.99. The molecule has 2 heterocycles. The van der Waals surface area contributed by atoms with Gasteiger partial charge in [0.2, 0.25) is 5.91 Å². The number of nitrogens with one attached hydrogen (secondary N) is 1. The average Bonchev–Trinajstić information content (AvgIpc) is 2.74. The van der Waals surface area contributed by atoms with E-state index in [0.29, 0.717) is 12.0 Å². The summed E-state index contributed by atoms with van der Waals surface area (Å²) in [7, 11) is 0. The van der Waals surface area contributed by atoms with Gasteiger partial charge in [0.05, 0.1) is 11.6 Å². The summed E-state index contributed by atoms with van der Waals surface area (Å²) in [5, 5.41) is 11.8. The number of carbonyl (C=O) groups excluding carboxylic acids is 1. The van der Waals surface area contributed by atoms with Crippen LogP contribution in [0.5, 0.6) is 0 Å². The Morgan fingerprint density at radius 1 is 1.04 bits per heavy atom. The molecule has 142 valence electrons. The SMILES string of the molecule is N#Cc1ccc(N2CCN(CC=Cc3ccc4c(c3)CCC(=O)N4)CC2)cc1. The summed E-state index contributed by atoms with van der Waals surface area (Å²) in [4.78, 5) is 16.3. The summed E-state index contributed by atoms with van der Waals surface area (Å²) in [5.74, 6) is 0.107. The molecule has 28 heavy (non-hydrogen) atoms. The summed E-state index contributed by atoms with van der Waals surface area (Å²) in [5.41, 5.74) is 5.25. The van der Waals surface area contributed by atoms with Gasteiger partial charge in [-0.1, -0.05) is 18.2 Å². The number of anilines is 2. The zero-order chi connectivity index (χ0) is 19.3. The summed E-state index contributed by atoms with van der Waals surface area (Å²) < 4.78 is 0. The number of fused-ring (bicyclic) bond motifs is 1. The van der Waals surface area contributed by atoms with Crippen LogP contribution in [-0.4, -0.2) is 43.5 Å². The Balaban J connectivity index is 1.28. The molecule has 5 nitrogen and oxygen atoms in total. The van der Waals surface area contributed by atoms with Gasteiger partial charge in [0.1, 0.15) is 0 Å². The van der Waals surface area contributed by atoms with E-state index in [0.717, 1.165) is 44.8 Å². The van der Waals surface area contributed by atoms with Crippen LogP contribution in [0.25, 0.3) is 6.08 Å². The first-order chi connectivity index (χ1) is 13.7. The number of hydrogen-bond acceptors (Lipinski definition) is 4. The number of nitrogens with zero attached hydrogens (tertiary/aromatic N) is 3. The minimum absolute atomic E-state index is 0.107. The molecule has 0 atom stereocenters. The molecule has 2 aliphatic rings. The van der Waals surface area contributed by atoms with Crippen LogP contribution in [-0.2, 0) is 11.2 Å². The Morgan fingerprint density at radius 2 is 1.82 bits per heavy atom. The molecule has 0 saturated carbocycles. The predicted octanol–water partition coefficient (Wildman–Crippen LogP) is 3.28. The fourth-order valence-electron chi connectivity index (χ4n) is 3.78. The number of piperazine rings is 1. The highest BCUT2D eigenvalue weighted by Gasteiger charge is 2.16. The first-order valence-corrected chi connectivity index (χ1v) is 9.78. The monoisotopic (exact) mass is 372 g/mol. The minimum atomic E-state index is 0.107. The van der Waals surface area contributed by atoms with Crippen molar-refractivity contribution in [3.05, 3.63) is 65.2 Å². The van der Waals surface area contributed by atoms with E-state index in [1.165, 1.54) is 16.8 Å². The molecule has 1 saturated heterocycles. The quantitative estimate of drug-likeness (QED) is 0.895. The molecule has 5 heteroatoms. The van der Waals surface area contributed by atoms with Crippen LogP contribution in [0.4, 0.5) is 11.4 Å². The molecule has 1 fully saturated rings. The number of amides is 1. The van der Waals surface area contributed by atoms with E-state index in [-0.39, 0.29) is 5.91 Å². The van der Waals surface area contributed by atoms with E-state index in [1.54, 1.807) is 0 Å². The number of carbonyl (C=O) groups is 1. The van der Waals surface area contributed by atoms with Gasteiger partial charge < -0.3 is 10.2 Å². The van der Waals surface area contributed by atoms with Crippen LogP contribution < -0.4 is 10.2 Å². The van der Waals surface area contributed by atoms with Crippen molar-refractivity contribution in [1.29, 1.82) is 5.26 Å². The zero-order valence-corrected chi connectivity index (χ0v) is 15.9. The van der Waals surface area contributed by atoms with E-state index in [9.17, 15) is 4.79 Å². The first kappa shape index (κ1) is 18.3. The van der Waals surface area contributed by atoms with Crippen molar-refractivity contribution < 1.29 is 4.79 Å². The van der Waals surface area contributed by atoms with Crippen molar-refractivity contribution in [1.82, 2.24) is 4.90 Å². The topological polar surface area (TPSA) is 59.4 Å². The highest BCUT2D eigenvalue weighted by atomic mass is 16.1. The van der Waals surface area contributed by atoms with E-state index < -0.39 is 0 Å². The third kappa shape index (κ3) is 4.24. The van der Waals surface area contributed by atoms with Gasteiger partial charge in [-0.25, -0.2) is 0 Å². The van der Waals surface area contributed by atoms with Gasteiger partial charge in [-0.2, -0.15) is 5.26 Å². The van der Waals surface area contributed by atoms with Crippen molar-refractivity contribution >= 4 is 23.4 Å². The number of hydrogen-bond donors (Lipinski definition) is 1. The van der Waals surface area contributed by atoms with Gasteiger partial charge >= 0.3 is 0 Å². The van der Waals surface area contributed by atoms with Gasteiger partial charge in [-0.15, -0.1) is 0 Å². The Labute approximate surface area is 165 Å². The first-order valence-electron chi connectivity index (χ1n) is 9.78. The van der Waals surface area contributed by atoms with Crippen LogP contribution in [0.15, 0.2) is 48.5 Å². The van der Waals surface area contributed by atoms with Crippen molar-refractivity contribution in [3.8, 4) is 6.07 Å². The Bertz CT molecular complexity index is 919. The van der Waals surface area contributed by atoms with Gasteiger partial charge in [0.15, 0.2) is 0 Å². The fraction of sp³-hybridized carbons (Fsp3) is 0.304. The maximum Gasteiger partial charge on any atom is 0.224 e. The van der Waals surface area contributed by atoms with Crippen molar-refractivity contribution in [3.63, 3.8) is 0 Å². The third-order valence-corrected chi connectivity index (χ3v) is 5.43. The molecule has 4 rings (SSSR count).